The second-order valence-electron chi connectivity index (χ2n) is 15.6. The standard InChI is InChI=1S/C20H54Br2Ge2Si6/c1-25(2,3)19(26(4,5)6,27(7,8)9)23(21)24(22)20(28(10,11)12,29(13,14)15)30(16,17)18/h1-18H3/b24-23+. The van der Waals surface area contributed by atoms with Gasteiger partial charge < -0.3 is 0 Å². The van der Waals surface area contributed by atoms with Crippen molar-refractivity contribution in [2.45, 2.75) is 124 Å². The quantitative estimate of drug-likeness (QED) is 0.216. The molecule has 30 heavy (non-hydrogen) atoms. The van der Waals surface area contributed by atoms with Gasteiger partial charge in [-0.3, -0.25) is 0 Å². The maximum atomic E-state index is 4.85. The van der Waals surface area contributed by atoms with E-state index < -0.39 is 68.4 Å². The molecule has 0 nitrogen and oxygen atoms in total. The zero-order valence-corrected chi connectivity index (χ0v) is 37.1. The topological polar surface area (TPSA) is 0 Å². The summed E-state index contributed by atoms with van der Waals surface area (Å²) >= 11 is 9.70. The molecule has 0 N–H and O–H groups in total. The van der Waals surface area contributed by atoms with Crippen LogP contribution in [-0.2, 0) is 0 Å². The summed E-state index contributed by atoms with van der Waals surface area (Å²) in [5, 5.41) is 0. The third kappa shape index (κ3) is 5.37. The molecule has 0 aromatic rings. The molecule has 0 saturated carbocycles. The van der Waals surface area contributed by atoms with Crippen molar-refractivity contribution in [2.75, 3.05) is 0 Å². The summed E-state index contributed by atoms with van der Waals surface area (Å²) in [6.45, 7) is 49.7. The zero-order chi connectivity index (χ0) is 25.2. The summed E-state index contributed by atoms with van der Waals surface area (Å²) in [6.07, 6.45) is 0. The fourth-order valence-corrected chi connectivity index (χ4v) is 296. The van der Waals surface area contributed by atoms with Gasteiger partial charge in [0.2, 0.25) is 0 Å². The second kappa shape index (κ2) is 9.67. The Kier molecular flexibility index (Phi) is 10.7. The molecule has 0 bridgehead atoms. The Morgan fingerprint density at radius 1 is 0.333 bits per heavy atom. The molecular formula is C20H54Br2Ge2Si6. The number of halogens is 2. The summed E-state index contributed by atoms with van der Waals surface area (Å²) < 4.78 is 1.49. The van der Waals surface area contributed by atoms with Gasteiger partial charge >= 0.3 is 221 Å². The molecule has 10 heteroatoms. The van der Waals surface area contributed by atoms with E-state index >= 15 is 0 Å². The van der Waals surface area contributed by atoms with Crippen LogP contribution in [0, 0.1) is 0 Å². The van der Waals surface area contributed by atoms with Crippen molar-refractivity contribution in [3.8, 4) is 0 Å². The molecule has 0 rings (SSSR count). The molecule has 180 valence electrons. The minimum atomic E-state index is -1.54. The van der Waals surface area contributed by atoms with E-state index in [4.69, 9.17) is 28.0 Å². The molecule has 0 aliphatic heterocycles. The van der Waals surface area contributed by atoms with Crippen molar-refractivity contribution in [3.63, 3.8) is 0 Å². The average Bonchev–Trinajstić information content (AvgIpc) is 2.27. The first-order chi connectivity index (χ1) is 12.6. The minimum absolute atomic E-state index is 0.746. The summed E-state index contributed by atoms with van der Waals surface area (Å²) in [4.78, 5) is 0. The summed E-state index contributed by atoms with van der Waals surface area (Å²) in [6, 6.07) is 0. The Labute approximate surface area is 218 Å². The van der Waals surface area contributed by atoms with Crippen LogP contribution < -0.4 is 0 Å². The molecule has 0 amide bonds. The van der Waals surface area contributed by atoms with Gasteiger partial charge in [-0.2, -0.15) is 0 Å². The Balaban J connectivity index is 8.11. The van der Waals surface area contributed by atoms with Crippen molar-refractivity contribution in [1.29, 1.82) is 0 Å². The van der Waals surface area contributed by atoms with E-state index in [0.29, 0.717) is 0 Å². The monoisotopic (exact) mass is 768 g/mol. The van der Waals surface area contributed by atoms with Crippen molar-refractivity contribution in [1.82, 2.24) is 0 Å². The van der Waals surface area contributed by atoms with Gasteiger partial charge in [0.05, 0.1) is 0 Å². The molecule has 0 aromatic heterocycles. The summed E-state index contributed by atoms with van der Waals surface area (Å²) in [5.74, 6) is 0. The summed E-state index contributed by atoms with van der Waals surface area (Å²) in [5.41, 5.74) is 0. The predicted molar refractivity (Wildman–Crippen MR) is 175 cm³/mol. The zero-order valence-electron chi connectivity index (χ0n) is 23.8. The SMILES string of the molecule is C[Si](C)(C)[C](/[Ge]([Br])=[Ge](\[Br])[C]([Si](C)(C)C)([Si](C)(C)C)[Si](C)(C)C)([Si](C)(C)C)[Si](C)(C)C. The van der Waals surface area contributed by atoms with Crippen LogP contribution in [0.1, 0.15) is 0 Å². The number of hydrogen-bond donors (Lipinski definition) is 0. The first kappa shape index (κ1) is 33.3. The molecule has 0 atom stereocenters. The molecule has 0 radical (unpaired) electrons. The molecule has 0 unspecified atom stereocenters. The van der Waals surface area contributed by atoms with E-state index in [0.717, 1.165) is 6.23 Å². The number of rotatable bonds is 8. The molecule has 0 aliphatic rings. The number of hydrogen-bond acceptors (Lipinski definition) is 0. The fraction of sp³-hybridized carbons (Fsp3) is 1.00. The van der Waals surface area contributed by atoms with E-state index in [1.165, 1.54) is 0 Å². The molecule has 0 fully saturated rings. The van der Waals surface area contributed by atoms with Crippen LogP contribution in [0.15, 0.2) is 0 Å². The van der Waals surface area contributed by atoms with Crippen molar-refractivity contribution >= 4 is 96.4 Å². The fourth-order valence-electron chi connectivity index (χ4n) is 9.05. The Bertz CT molecular complexity index is 536. The molecule has 0 saturated heterocycles. The van der Waals surface area contributed by atoms with E-state index in [2.05, 4.69) is 118 Å². The van der Waals surface area contributed by atoms with E-state index in [1.807, 2.05) is 0 Å². The van der Waals surface area contributed by atoms with Gasteiger partial charge in [-0.1, -0.05) is 0 Å². The molecule has 0 heterocycles. The molecule has 0 aliphatic carbocycles. The normalized spacial score (nSPS) is 17.2. The molecule has 0 aromatic carbocycles. The van der Waals surface area contributed by atoms with Crippen molar-refractivity contribution in [2.24, 2.45) is 0 Å². The van der Waals surface area contributed by atoms with Crippen LogP contribution in [-0.4, -0.2) is 68.4 Å². The Morgan fingerprint density at radius 2 is 0.433 bits per heavy atom. The first-order valence-electron chi connectivity index (χ1n) is 11.6. The van der Waals surface area contributed by atoms with Crippen LogP contribution in [0.5, 0.6) is 0 Å². The van der Waals surface area contributed by atoms with Gasteiger partial charge in [0, 0.05) is 0 Å². The van der Waals surface area contributed by atoms with E-state index in [9.17, 15) is 0 Å². The van der Waals surface area contributed by atoms with Gasteiger partial charge in [0.15, 0.2) is 0 Å². The van der Waals surface area contributed by atoms with Gasteiger partial charge in [0.25, 0.3) is 0 Å². The third-order valence-electron chi connectivity index (χ3n) is 7.60. The third-order valence-corrected chi connectivity index (χ3v) is 170. The van der Waals surface area contributed by atoms with Gasteiger partial charge in [-0.05, 0) is 0 Å². The van der Waals surface area contributed by atoms with Gasteiger partial charge in [0.1, 0.15) is 0 Å². The first-order valence-corrected chi connectivity index (χ1v) is 51.1. The molecular weight excluding hydrogens is 714 g/mol. The molecule has 0 spiro atoms. The summed E-state index contributed by atoms with van der Waals surface area (Å²) in [7, 11) is -11.4. The van der Waals surface area contributed by atoms with E-state index in [1.54, 1.807) is 0 Å². The van der Waals surface area contributed by atoms with Crippen LogP contribution in [0.2, 0.25) is 124 Å². The van der Waals surface area contributed by atoms with Crippen LogP contribution >= 0.6 is 28.0 Å². The maximum absolute atomic E-state index is 4.85. The Morgan fingerprint density at radius 3 is 0.500 bits per heavy atom. The van der Waals surface area contributed by atoms with E-state index in [-0.39, 0.29) is 0 Å². The second-order valence-corrected chi connectivity index (χ2v) is 97.3. The van der Waals surface area contributed by atoms with Crippen LogP contribution in [0.4, 0.5) is 0 Å². The van der Waals surface area contributed by atoms with Crippen LogP contribution in [0.3, 0.4) is 0 Å². The van der Waals surface area contributed by atoms with Gasteiger partial charge in [-0.15, -0.1) is 0 Å². The van der Waals surface area contributed by atoms with Crippen LogP contribution in [0.25, 0.3) is 0 Å². The predicted octanol–water partition coefficient (Wildman–Crippen LogP) is 9.58. The van der Waals surface area contributed by atoms with Gasteiger partial charge in [-0.25, -0.2) is 0 Å². The van der Waals surface area contributed by atoms with Crippen molar-refractivity contribution in [3.05, 3.63) is 0 Å². The average molecular weight is 768 g/mol. The Hall–Kier alpha value is 3.35. The van der Waals surface area contributed by atoms with Crippen molar-refractivity contribution < 1.29 is 0 Å².